The molecule has 0 aliphatic carbocycles. The summed E-state index contributed by atoms with van der Waals surface area (Å²) >= 11 is 0. The van der Waals surface area contributed by atoms with Crippen molar-refractivity contribution in [2.45, 2.75) is 6.54 Å². The molecule has 4 rings (SSSR count). The number of benzene rings is 1. The van der Waals surface area contributed by atoms with Crippen LogP contribution in [-0.2, 0) is 6.54 Å². The van der Waals surface area contributed by atoms with Gasteiger partial charge in [0.05, 0.1) is 19.6 Å². The predicted molar refractivity (Wildman–Crippen MR) is 67.2 cm³/mol. The Morgan fingerprint density at radius 3 is 2.17 bits per heavy atom. The minimum absolute atomic E-state index is 0.377. The highest BCUT2D eigenvalue weighted by molar-refractivity contribution is 5.32. The van der Waals surface area contributed by atoms with Gasteiger partial charge in [0.2, 0.25) is 0 Å². The van der Waals surface area contributed by atoms with Crippen LogP contribution in [0.15, 0.2) is 24.3 Å². The van der Waals surface area contributed by atoms with Gasteiger partial charge in [0.1, 0.15) is 6.54 Å². The fourth-order valence-corrected chi connectivity index (χ4v) is 3.11. The van der Waals surface area contributed by atoms with Gasteiger partial charge in [-0.3, -0.25) is 4.90 Å². The molecule has 0 aromatic heterocycles. The first-order valence-electron chi connectivity index (χ1n) is 6.57. The SMILES string of the molecule is [O-][NH+](O)c1ccc(C[N+]23CCN(CC2)CC3)cc1. The fraction of sp³-hybridized carbons (Fsp3) is 0.538. The summed E-state index contributed by atoms with van der Waals surface area (Å²) in [5, 5.41) is 18.9. The summed E-state index contributed by atoms with van der Waals surface area (Å²) in [6.45, 7) is 8.41. The van der Waals surface area contributed by atoms with E-state index in [0.29, 0.717) is 5.69 Å². The standard InChI is InChI=1S/C13H20N3O2/c17-15(18)13-3-1-12(2-4-13)11-16-8-5-14(6-9-16)7-10-16/h1-4,15,17H,5-11H2/q+1. The zero-order valence-corrected chi connectivity index (χ0v) is 10.5. The maximum absolute atomic E-state index is 10.8. The molecule has 1 aromatic rings. The summed E-state index contributed by atoms with van der Waals surface area (Å²) in [6, 6.07) is 7.38. The van der Waals surface area contributed by atoms with Gasteiger partial charge in [0.25, 0.3) is 0 Å². The maximum Gasteiger partial charge on any atom is 0.163 e. The van der Waals surface area contributed by atoms with Crippen LogP contribution >= 0.6 is 0 Å². The molecular weight excluding hydrogens is 230 g/mol. The maximum atomic E-state index is 10.8. The van der Waals surface area contributed by atoms with E-state index in [4.69, 9.17) is 5.21 Å². The quantitative estimate of drug-likeness (QED) is 0.574. The highest BCUT2D eigenvalue weighted by Crippen LogP contribution is 2.23. The van der Waals surface area contributed by atoms with Crippen LogP contribution in [-0.4, -0.2) is 53.9 Å². The monoisotopic (exact) mass is 250 g/mol. The van der Waals surface area contributed by atoms with Crippen molar-refractivity contribution in [3.63, 3.8) is 0 Å². The average molecular weight is 250 g/mol. The van der Waals surface area contributed by atoms with Crippen molar-refractivity contribution in [2.24, 2.45) is 0 Å². The molecule has 0 spiro atoms. The van der Waals surface area contributed by atoms with Gasteiger partial charge in [-0.2, -0.15) is 5.23 Å². The zero-order chi connectivity index (χ0) is 12.6. The van der Waals surface area contributed by atoms with Crippen LogP contribution < -0.4 is 5.23 Å². The number of hydrogen-bond donors (Lipinski definition) is 2. The molecule has 98 valence electrons. The zero-order valence-electron chi connectivity index (χ0n) is 10.5. The summed E-state index contributed by atoms with van der Waals surface area (Å²) < 4.78 is 1.18. The summed E-state index contributed by atoms with van der Waals surface area (Å²) in [5.41, 5.74) is 1.64. The fourth-order valence-electron chi connectivity index (χ4n) is 3.11. The van der Waals surface area contributed by atoms with Gasteiger partial charge >= 0.3 is 0 Å². The van der Waals surface area contributed by atoms with Gasteiger partial charge in [0.15, 0.2) is 5.69 Å². The lowest BCUT2D eigenvalue weighted by molar-refractivity contribution is -0.991. The summed E-state index contributed by atoms with van der Waals surface area (Å²) in [5.74, 6) is 0. The molecular formula is C13H20N3O2+. The van der Waals surface area contributed by atoms with Crippen molar-refractivity contribution in [3.05, 3.63) is 35.0 Å². The molecule has 1 unspecified atom stereocenters. The molecule has 3 fully saturated rings. The highest BCUT2D eigenvalue weighted by Gasteiger charge is 2.38. The van der Waals surface area contributed by atoms with E-state index in [9.17, 15) is 5.21 Å². The van der Waals surface area contributed by atoms with E-state index in [1.807, 2.05) is 12.1 Å². The van der Waals surface area contributed by atoms with Gasteiger partial charge < -0.3 is 9.69 Å². The van der Waals surface area contributed by atoms with E-state index < -0.39 is 5.23 Å². The molecule has 2 bridgehead atoms. The Balaban J connectivity index is 1.72. The molecule has 3 aliphatic heterocycles. The van der Waals surface area contributed by atoms with E-state index in [1.165, 1.54) is 49.3 Å². The largest absolute Gasteiger partial charge is 0.595 e. The third kappa shape index (κ3) is 2.28. The van der Waals surface area contributed by atoms with E-state index >= 15 is 0 Å². The number of hydrogen-bond acceptors (Lipinski definition) is 3. The molecule has 3 aliphatic rings. The van der Waals surface area contributed by atoms with Gasteiger partial charge in [-0.15, -0.1) is 0 Å². The lowest BCUT2D eigenvalue weighted by Crippen LogP contribution is -2.99. The van der Waals surface area contributed by atoms with Crippen LogP contribution in [0.2, 0.25) is 0 Å². The Bertz CT molecular complexity index is 397. The first-order valence-corrected chi connectivity index (χ1v) is 6.57. The summed E-state index contributed by atoms with van der Waals surface area (Å²) in [6.07, 6.45) is 0. The number of piperazine rings is 3. The van der Waals surface area contributed by atoms with E-state index in [-0.39, 0.29) is 0 Å². The first kappa shape index (κ1) is 12.1. The Morgan fingerprint density at radius 1 is 1.11 bits per heavy atom. The average Bonchev–Trinajstić information content (AvgIpc) is 2.41. The number of quaternary nitrogens is 2. The minimum atomic E-state index is -0.847. The number of nitrogens with zero attached hydrogens (tertiary/aromatic N) is 2. The minimum Gasteiger partial charge on any atom is -0.595 e. The van der Waals surface area contributed by atoms with Crippen LogP contribution in [0.25, 0.3) is 0 Å². The molecule has 0 amide bonds. The summed E-state index contributed by atoms with van der Waals surface area (Å²) in [4.78, 5) is 2.54. The van der Waals surface area contributed by atoms with E-state index in [2.05, 4.69) is 4.90 Å². The molecule has 5 nitrogen and oxygen atoms in total. The van der Waals surface area contributed by atoms with Crippen molar-refractivity contribution in [1.82, 2.24) is 4.90 Å². The van der Waals surface area contributed by atoms with Crippen LogP contribution in [0.5, 0.6) is 0 Å². The predicted octanol–water partition coefficient (Wildman–Crippen LogP) is -0.264. The lowest BCUT2D eigenvalue weighted by Gasteiger charge is -2.50. The molecule has 3 saturated heterocycles. The van der Waals surface area contributed by atoms with Crippen LogP contribution in [0.4, 0.5) is 5.69 Å². The van der Waals surface area contributed by atoms with Crippen molar-refractivity contribution < 1.29 is 14.9 Å². The third-order valence-corrected chi connectivity index (χ3v) is 4.39. The van der Waals surface area contributed by atoms with Crippen LogP contribution in [0.1, 0.15) is 5.56 Å². The normalized spacial score (nSPS) is 32.4. The Hall–Kier alpha value is -0.980. The van der Waals surface area contributed by atoms with Crippen molar-refractivity contribution >= 4 is 5.69 Å². The highest BCUT2D eigenvalue weighted by atomic mass is 16.8. The first-order chi connectivity index (χ1) is 8.67. The van der Waals surface area contributed by atoms with Gasteiger partial charge in [-0.05, 0) is 12.1 Å². The van der Waals surface area contributed by atoms with Gasteiger partial charge in [0, 0.05) is 37.3 Å². The van der Waals surface area contributed by atoms with Crippen molar-refractivity contribution in [2.75, 3.05) is 39.3 Å². The molecule has 1 aromatic carbocycles. The Morgan fingerprint density at radius 2 is 1.67 bits per heavy atom. The molecule has 5 heteroatoms. The molecule has 2 N–H and O–H groups in total. The van der Waals surface area contributed by atoms with E-state index in [0.717, 1.165) is 6.54 Å². The Labute approximate surface area is 107 Å². The molecule has 18 heavy (non-hydrogen) atoms. The smallest absolute Gasteiger partial charge is 0.163 e. The number of nitrogens with one attached hydrogen (secondary N) is 1. The van der Waals surface area contributed by atoms with Gasteiger partial charge in [-0.1, -0.05) is 0 Å². The third-order valence-electron chi connectivity index (χ3n) is 4.39. The van der Waals surface area contributed by atoms with E-state index in [1.54, 1.807) is 12.1 Å². The lowest BCUT2D eigenvalue weighted by atomic mass is 10.1. The Kier molecular flexibility index (Phi) is 3.09. The second-order valence-electron chi connectivity index (χ2n) is 5.51. The van der Waals surface area contributed by atoms with Crippen molar-refractivity contribution in [1.29, 1.82) is 0 Å². The molecule has 1 atom stereocenters. The molecule has 0 saturated carbocycles. The van der Waals surface area contributed by atoms with Crippen LogP contribution in [0.3, 0.4) is 0 Å². The van der Waals surface area contributed by atoms with Gasteiger partial charge in [-0.25, -0.2) is 5.21 Å². The van der Waals surface area contributed by atoms with Crippen LogP contribution in [0, 0.1) is 5.21 Å². The second-order valence-corrected chi connectivity index (χ2v) is 5.51. The van der Waals surface area contributed by atoms with Crippen molar-refractivity contribution in [3.8, 4) is 0 Å². The molecule has 3 heterocycles. The number of fused-ring (bicyclic) bond motifs is 3. The number of rotatable bonds is 3. The topological polar surface area (TPSA) is 51.0 Å². The molecule has 0 radical (unpaired) electrons. The second kappa shape index (κ2) is 4.60. The summed E-state index contributed by atoms with van der Waals surface area (Å²) in [7, 11) is 0.